The number of thiophene rings is 2. The molecule has 0 amide bonds. The fourth-order valence-electron chi connectivity index (χ4n) is 5.86. The lowest BCUT2D eigenvalue weighted by molar-refractivity contribution is 1.44. The van der Waals surface area contributed by atoms with Crippen LogP contribution < -0.4 is 10.4 Å². The number of hydrogen-bond acceptors (Lipinski definition) is 5. The molecule has 2 nitrogen and oxygen atoms in total. The van der Waals surface area contributed by atoms with E-state index in [1.165, 1.54) is 75.7 Å². The summed E-state index contributed by atoms with van der Waals surface area (Å²) in [5.74, 6) is 0. The van der Waals surface area contributed by atoms with Crippen LogP contribution in [0.1, 0.15) is 21.6 Å². The summed E-state index contributed by atoms with van der Waals surface area (Å²) in [5.41, 5.74) is 12.6. The van der Waals surface area contributed by atoms with Gasteiger partial charge in [0.05, 0.1) is 11.7 Å². The third-order valence-corrected chi connectivity index (χ3v) is 14.7. The topological polar surface area (TPSA) is 25.8 Å². The molecule has 1 aliphatic rings. The highest BCUT2D eigenvalue weighted by molar-refractivity contribution is 7.19. The summed E-state index contributed by atoms with van der Waals surface area (Å²) in [6, 6.07) is 23.3. The van der Waals surface area contributed by atoms with E-state index >= 15 is 0 Å². The largest absolute Gasteiger partial charge is 0.172 e. The van der Waals surface area contributed by atoms with Crippen LogP contribution >= 0.6 is 34.4 Å². The molecule has 6 aromatic rings. The smallest absolute Gasteiger partial charge is 0.114 e. The van der Waals surface area contributed by atoms with Gasteiger partial charge in [-0.25, -0.2) is 0 Å². The standard InChI is InChI=1S/C32H28N2S3Si/c1-17-7-9-22-23-10-8-21(16-29(23)38(5,6)28(22)13-17)32-19(3)15-27(36-32)25-12-11-24(30-31(25)34-37-33-30)26-14-18(2)20(4)35-26/h7-16H,1-6H3. The Morgan fingerprint density at radius 2 is 1.18 bits per heavy atom. The second-order valence-electron chi connectivity index (χ2n) is 11.0. The van der Waals surface area contributed by atoms with Crippen molar-refractivity contribution >= 4 is 63.9 Å². The predicted molar refractivity (Wildman–Crippen MR) is 171 cm³/mol. The molecule has 3 aromatic heterocycles. The highest BCUT2D eigenvalue weighted by Gasteiger charge is 2.37. The fraction of sp³-hybridized carbons (Fsp3) is 0.188. The first-order valence-electron chi connectivity index (χ1n) is 12.9. The summed E-state index contributed by atoms with van der Waals surface area (Å²) < 4.78 is 9.50. The molecule has 4 heterocycles. The first-order chi connectivity index (χ1) is 18.2. The minimum Gasteiger partial charge on any atom is -0.172 e. The van der Waals surface area contributed by atoms with Crippen molar-refractivity contribution in [3.05, 3.63) is 82.2 Å². The van der Waals surface area contributed by atoms with E-state index in [0.29, 0.717) is 0 Å². The van der Waals surface area contributed by atoms with Crippen LogP contribution in [0.25, 0.3) is 53.5 Å². The Bertz CT molecular complexity index is 1880. The van der Waals surface area contributed by atoms with E-state index in [1.54, 1.807) is 10.4 Å². The second kappa shape index (κ2) is 8.55. The zero-order valence-corrected chi connectivity index (χ0v) is 25.8. The van der Waals surface area contributed by atoms with Gasteiger partial charge in [-0.2, -0.15) is 8.75 Å². The van der Waals surface area contributed by atoms with Crippen molar-refractivity contribution in [1.82, 2.24) is 8.75 Å². The maximum absolute atomic E-state index is 4.77. The van der Waals surface area contributed by atoms with Crippen LogP contribution in [-0.2, 0) is 0 Å². The van der Waals surface area contributed by atoms with Crippen LogP contribution in [0.5, 0.6) is 0 Å². The number of aryl methyl sites for hydroxylation is 4. The molecule has 0 saturated carbocycles. The van der Waals surface area contributed by atoms with Crippen LogP contribution in [0.4, 0.5) is 0 Å². The van der Waals surface area contributed by atoms with Crippen LogP contribution in [0.15, 0.2) is 60.7 Å². The average Bonchev–Trinajstić information content (AvgIpc) is 3.65. The SMILES string of the molecule is Cc1ccc2c(c1)[Si](C)(C)c1cc(-c3sc(-c4ccc(-c5cc(C)c(C)s5)c5nsnc45)cc3C)ccc1-2. The second-order valence-corrected chi connectivity index (χ2v) is 18.2. The van der Waals surface area contributed by atoms with Crippen LogP contribution in [0, 0.1) is 27.7 Å². The third kappa shape index (κ3) is 3.54. The average molecular weight is 565 g/mol. The maximum atomic E-state index is 4.77. The van der Waals surface area contributed by atoms with Crippen molar-refractivity contribution in [2.45, 2.75) is 40.8 Å². The quantitative estimate of drug-likeness (QED) is 0.201. The summed E-state index contributed by atoms with van der Waals surface area (Å²) in [7, 11) is -1.73. The molecule has 188 valence electrons. The number of rotatable bonds is 3. The molecule has 0 N–H and O–H groups in total. The summed E-state index contributed by atoms with van der Waals surface area (Å²) in [4.78, 5) is 5.24. The predicted octanol–water partition coefficient (Wildman–Crippen LogP) is 8.85. The highest BCUT2D eigenvalue weighted by Crippen LogP contribution is 2.43. The third-order valence-electron chi connectivity index (χ3n) is 8.12. The van der Waals surface area contributed by atoms with E-state index in [9.17, 15) is 0 Å². The molecule has 0 bridgehead atoms. The lowest BCUT2D eigenvalue weighted by atomic mass is 10.0. The number of aromatic nitrogens is 2. The first kappa shape index (κ1) is 24.2. The van der Waals surface area contributed by atoms with Gasteiger partial charge < -0.3 is 0 Å². The Labute approximate surface area is 237 Å². The maximum Gasteiger partial charge on any atom is 0.114 e. The van der Waals surface area contributed by atoms with Crippen molar-refractivity contribution in [2.75, 3.05) is 0 Å². The summed E-state index contributed by atoms with van der Waals surface area (Å²) in [6.07, 6.45) is 0. The Kier molecular flexibility index (Phi) is 5.44. The van der Waals surface area contributed by atoms with Crippen molar-refractivity contribution in [3.8, 4) is 42.4 Å². The van der Waals surface area contributed by atoms with E-state index in [2.05, 4.69) is 101 Å². The fourth-order valence-corrected chi connectivity index (χ4v) is 11.9. The molecular weight excluding hydrogens is 537 g/mol. The van der Waals surface area contributed by atoms with Crippen molar-refractivity contribution in [3.63, 3.8) is 0 Å². The minimum absolute atomic E-state index is 1.01. The molecule has 0 fully saturated rings. The van der Waals surface area contributed by atoms with Gasteiger partial charge in [0.2, 0.25) is 0 Å². The number of hydrogen-bond donors (Lipinski definition) is 0. The van der Waals surface area contributed by atoms with E-state index in [1.807, 2.05) is 22.7 Å². The molecule has 0 unspecified atom stereocenters. The molecule has 6 heteroatoms. The number of benzene rings is 3. The molecular formula is C32H28N2S3Si. The number of nitrogens with zero attached hydrogens (tertiary/aromatic N) is 2. The summed E-state index contributed by atoms with van der Waals surface area (Å²) >= 11 is 5.03. The number of fused-ring (bicyclic) bond motifs is 4. The Morgan fingerprint density at radius 1 is 0.605 bits per heavy atom. The lowest BCUT2D eigenvalue weighted by Crippen LogP contribution is -2.49. The van der Waals surface area contributed by atoms with E-state index in [0.717, 1.165) is 11.0 Å². The highest BCUT2D eigenvalue weighted by atomic mass is 32.1. The van der Waals surface area contributed by atoms with Crippen LogP contribution in [0.2, 0.25) is 13.1 Å². The molecule has 0 saturated heterocycles. The normalized spacial score (nSPS) is 13.7. The van der Waals surface area contributed by atoms with Crippen molar-refractivity contribution in [1.29, 1.82) is 0 Å². The molecule has 7 rings (SSSR count). The van der Waals surface area contributed by atoms with Crippen LogP contribution in [-0.4, -0.2) is 16.8 Å². The van der Waals surface area contributed by atoms with Crippen molar-refractivity contribution in [2.24, 2.45) is 0 Å². The minimum atomic E-state index is -1.73. The van der Waals surface area contributed by atoms with Crippen molar-refractivity contribution < 1.29 is 0 Å². The zero-order chi connectivity index (χ0) is 26.3. The van der Waals surface area contributed by atoms with Gasteiger partial charge in [0.1, 0.15) is 19.1 Å². The van der Waals surface area contributed by atoms with Gasteiger partial charge in [0.15, 0.2) is 0 Å². The van der Waals surface area contributed by atoms with Gasteiger partial charge in [0, 0.05) is 30.6 Å². The van der Waals surface area contributed by atoms with Gasteiger partial charge in [-0.3, -0.25) is 0 Å². The summed E-state index contributed by atoms with van der Waals surface area (Å²) in [5, 5.41) is 3.13. The first-order valence-corrected chi connectivity index (χ1v) is 18.3. The molecule has 3 aromatic carbocycles. The molecule has 0 aliphatic carbocycles. The zero-order valence-electron chi connectivity index (χ0n) is 22.4. The van der Waals surface area contributed by atoms with Gasteiger partial charge >= 0.3 is 0 Å². The van der Waals surface area contributed by atoms with E-state index in [-0.39, 0.29) is 0 Å². The van der Waals surface area contributed by atoms with Gasteiger partial charge in [0.25, 0.3) is 0 Å². The van der Waals surface area contributed by atoms with Gasteiger partial charge in [-0.05, 0) is 78.0 Å². The van der Waals surface area contributed by atoms with E-state index < -0.39 is 8.07 Å². The van der Waals surface area contributed by atoms with Gasteiger partial charge in [-0.1, -0.05) is 67.2 Å². The molecule has 0 atom stereocenters. The van der Waals surface area contributed by atoms with Crippen LogP contribution in [0.3, 0.4) is 0 Å². The molecule has 0 spiro atoms. The Morgan fingerprint density at radius 3 is 1.84 bits per heavy atom. The molecule has 0 radical (unpaired) electrons. The summed E-state index contributed by atoms with van der Waals surface area (Å²) in [6.45, 7) is 13.8. The van der Waals surface area contributed by atoms with E-state index in [4.69, 9.17) is 8.75 Å². The molecule has 1 aliphatic heterocycles. The Hall–Kier alpha value is -2.90. The van der Waals surface area contributed by atoms with Gasteiger partial charge in [-0.15, -0.1) is 22.7 Å². The molecule has 38 heavy (non-hydrogen) atoms. The monoisotopic (exact) mass is 564 g/mol. The lowest BCUT2D eigenvalue weighted by Gasteiger charge is -2.19. The Balaban J connectivity index is 1.32.